The number of hydrogen-bond donors (Lipinski definition) is 0. The van der Waals surface area contributed by atoms with E-state index in [4.69, 9.17) is 4.42 Å². The van der Waals surface area contributed by atoms with Crippen LogP contribution in [0, 0.1) is 0 Å². The molecule has 1 heteroatoms. The smallest absolute Gasteiger partial charge is 0.207 e. The molecule has 0 N–H and O–H groups in total. The second-order valence-electron chi connectivity index (χ2n) is 4.53. The predicted octanol–water partition coefficient (Wildman–Crippen LogP) is 5.67. The van der Waals surface area contributed by atoms with Crippen LogP contribution in [0.15, 0.2) is 72.2 Å². The number of para-hydroxylation sites is 1. The first-order valence-electron chi connectivity index (χ1n) is 6.54. The second kappa shape index (κ2) is 5.14. The average molecular weight is 259 g/mol. The predicted molar refractivity (Wildman–Crippen MR) is 86.2 cm³/mol. The summed E-state index contributed by atoms with van der Waals surface area (Å²) in [7, 11) is 0. The van der Waals surface area contributed by atoms with Gasteiger partial charge in [0.15, 0.2) is 0 Å². The molecule has 0 aliphatic heterocycles. The van der Waals surface area contributed by atoms with Crippen molar-refractivity contribution in [3.63, 3.8) is 0 Å². The van der Waals surface area contributed by atoms with Gasteiger partial charge < -0.3 is 0 Å². The lowest BCUT2D eigenvalue weighted by Crippen LogP contribution is -1.90. The first-order chi connectivity index (χ1) is 9.85. The van der Waals surface area contributed by atoms with Gasteiger partial charge in [-0.25, -0.2) is 4.42 Å². The van der Waals surface area contributed by atoms with Gasteiger partial charge in [-0.1, -0.05) is 61.7 Å². The third-order valence-corrected chi connectivity index (χ3v) is 3.36. The van der Waals surface area contributed by atoms with Crippen LogP contribution in [0.1, 0.15) is 11.3 Å². The molecular weight excluding hydrogens is 244 g/mol. The van der Waals surface area contributed by atoms with Gasteiger partial charge in [-0.05, 0) is 11.6 Å². The van der Waals surface area contributed by atoms with Crippen molar-refractivity contribution in [2.75, 3.05) is 0 Å². The van der Waals surface area contributed by atoms with Crippen LogP contribution >= 0.6 is 0 Å². The highest BCUT2D eigenvalue weighted by molar-refractivity contribution is 5.99. The minimum atomic E-state index is 0.748. The highest BCUT2D eigenvalue weighted by Crippen LogP contribution is 2.35. The monoisotopic (exact) mass is 259 g/mol. The number of benzene rings is 2. The van der Waals surface area contributed by atoms with Crippen LogP contribution in [0.2, 0.25) is 0 Å². The molecule has 1 aromatic heterocycles. The van der Waals surface area contributed by atoms with E-state index < -0.39 is 0 Å². The van der Waals surface area contributed by atoms with Crippen LogP contribution in [0.5, 0.6) is 0 Å². The molecule has 0 saturated heterocycles. The average Bonchev–Trinajstić information content (AvgIpc) is 2.53. The highest BCUT2D eigenvalue weighted by Gasteiger charge is 2.21. The Labute approximate surface area is 118 Å². The fourth-order valence-electron chi connectivity index (χ4n) is 2.47. The molecule has 0 spiro atoms. The zero-order valence-electron chi connectivity index (χ0n) is 11.2. The van der Waals surface area contributed by atoms with E-state index >= 15 is 0 Å². The molecule has 0 aliphatic rings. The normalized spacial score (nSPS) is 10.4. The molecule has 3 aromatic rings. The number of fused-ring (bicyclic) bond motifs is 1. The minimum absolute atomic E-state index is 0.748. The maximum absolute atomic E-state index is 5.91. The maximum atomic E-state index is 5.91. The van der Waals surface area contributed by atoms with Crippen LogP contribution in [0.25, 0.3) is 34.2 Å². The Kier molecular flexibility index (Phi) is 3.18. The standard InChI is InChI=1S/C19H15O/c1-3-15-17(4-2)20-18-13-9-8-12-16(18)19(15)14-10-6-5-7-11-14/h3-13H,1-2H2/q+1. The first kappa shape index (κ1) is 12.4. The molecule has 2 aromatic carbocycles. The van der Waals surface area contributed by atoms with Gasteiger partial charge in [-0.15, -0.1) is 0 Å². The molecule has 0 bridgehead atoms. The molecule has 0 radical (unpaired) electrons. The lowest BCUT2D eigenvalue weighted by atomic mass is 9.95. The Morgan fingerprint density at radius 3 is 2.20 bits per heavy atom. The fourth-order valence-corrected chi connectivity index (χ4v) is 2.47. The number of rotatable bonds is 3. The number of hydrogen-bond acceptors (Lipinski definition) is 0. The van der Waals surface area contributed by atoms with Gasteiger partial charge in [-0.2, -0.15) is 0 Å². The van der Waals surface area contributed by atoms with Crippen molar-refractivity contribution < 1.29 is 4.42 Å². The molecule has 1 heterocycles. The van der Waals surface area contributed by atoms with Gasteiger partial charge in [0.05, 0.1) is 10.9 Å². The van der Waals surface area contributed by atoms with Crippen LogP contribution in [0.3, 0.4) is 0 Å². The summed E-state index contributed by atoms with van der Waals surface area (Å²) in [6, 6.07) is 18.3. The zero-order chi connectivity index (χ0) is 13.9. The van der Waals surface area contributed by atoms with Gasteiger partial charge in [0.1, 0.15) is 0 Å². The molecule has 1 nitrogen and oxygen atoms in total. The Balaban J connectivity index is 2.49. The van der Waals surface area contributed by atoms with Crippen molar-refractivity contribution in [3.8, 4) is 11.1 Å². The minimum Gasteiger partial charge on any atom is -0.207 e. The summed E-state index contributed by atoms with van der Waals surface area (Å²) < 4.78 is 5.91. The molecular formula is C19H15O+. The second-order valence-corrected chi connectivity index (χ2v) is 4.53. The van der Waals surface area contributed by atoms with E-state index in [1.807, 2.05) is 42.5 Å². The molecule has 0 fully saturated rings. The van der Waals surface area contributed by atoms with Crippen molar-refractivity contribution >= 4 is 23.1 Å². The van der Waals surface area contributed by atoms with Gasteiger partial charge in [0, 0.05) is 17.7 Å². The Bertz CT molecular complexity index is 785. The molecule has 0 saturated carbocycles. The molecule has 0 atom stereocenters. The third-order valence-electron chi connectivity index (χ3n) is 3.36. The molecule has 0 unspecified atom stereocenters. The van der Waals surface area contributed by atoms with E-state index in [1.54, 1.807) is 6.08 Å². The van der Waals surface area contributed by atoms with Crippen molar-refractivity contribution in [1.29, 1.82) is 0 Å². The largest absolute Gasteiger partial charge is 0.361 e. The van der Waals surface area contributed by atoms with E-state index in [0.717, 1.165) is 33.4 Å². The summed E-state index contributed by atoms with van der Waals surface area (Å²) in [5.41, 5.74) is 4.12. The summed E-state index contributed by atoms with van der Waals surface area (Å²) in [5, 5.41) is 1.08. The summed E-state index contributed by atoms with van der Waals surface area (Å²) in [5.74, 6) is 0.748. The lowest BCUT2D eigenvalue weighted by Gasteiger charge is -2.06. The Morgan fingerprint density at radius 1 is 0.800 bits per heavy atom. The van der Waals surface area contributed by atoms with Crippen LogP contribution < -0.4 is 0 Å². The third kappa shape index (κ3) is 1.94. The van der Waals surface area contributed by atoms with Gasteiger partial charge in [0.25, 0.3) is 0 Å². The van der Waals surface area contributed by atoms with E-state index in [1.165, 1.54) is 0 Å². The first-order valence-corrected chi connectivity index (χ1v) is 6.54. The van der Waals surface area contributed by atoms with Crippen LogP contribution in [0.4, 0.5) is 0 Å². The molecule has 0 amide bonds. The molecule has 20 heavy (non-hydrogen) atoms. The summed E-state index contributed by atoms with van der Waals surface area (Å²) >= 11 is 0. The van der Waals surface area contributed by atoms with Gasteiger partial charge in [-0.3, -0.25) is 0 Å². The highest BCUT2D eigenvalue weighted by atomic mass is 16.3. The van der Waals surface area contributed by atoms with E-state index in [-0.39, 0.29) is 0 Å². The Morgan fingerprint density at radius 2 is 1.50 bits per heavy atom. The molecule has 0 aliphatic carbocycles. The summed E-state index contributed by atoms with van der Waals surface area (Å²) in [6.45, 7) is 7.76. The quantitative estimate of drug-likeness (QED) is 0.552. The van der Waals surface area contributed by atoms with Crippen molar-refractivity contribution in [2.24, 2.45) is 0 Å². The fraction of sp³-hybridized carbons (Fsp3) is 0. The van der Waals surface area contributed by atoms with Crippen LogP contribution in [-0.4, -0.2) is 0 Å². The van der Waals surface area contributed by atoms with E-state index in [9.17, 15) is 0 Å². The van der Waals surface area contributed by atoms with Crippen molar-refractivity contribution in [2.45, 2.75) is 0 Å². The lowest BCUT2D eigenvalue weighted by molar-refractivity contribution is 0.591. The van der Waals surface area contributed by atoms with Crippen LogP contribution in [-0.2, 0) is 0 Å². The topological polar surface area (TPSA) is 11.3 Å². The SMILES string of the molecule is C=Cc1[o+]c2ccccc2c(-c2ccccc2)c1C=C. The van der Waals surface area contributed by atoms with E-state index in [2.05, 4.69) is 31.4 Å². The maximum Gasteiger partial charge on any atom is 0.361 e. The molecule has 96 valence electrons. The van der Waals surface area contributed by atoms with Gasteiger partial charge in [0.2, 0.25) is 0 Å². The summed E-state index contributed by atoms with van der Waals surface area (Å²) in [6.07, 6.45) is 3.56. The summed E-state index contributed by atoms with van der Waals surface area (Å²) in [4.78, 5) is 0. The van der Waals surface area contributed by atoms with Gasteiger partial charge >= 0.3 is 11.3 Å². The van der Waals surface area contributed by atoms with E-state index in [0.29, 0.717) is 0 Å². The Hall–Kier alpha value is -2.67. The molecule has 3 rings (SSSR count). The van der Waals surface area contributed by atoms with Crippen molar-refractivity contribution in [1.82, 2.24) is 0 Å². The zero-order valence-corrected chi connectivity index (χ0v) is 11.2. The van der Waals surface area contributed by atoms with Crippen molar-refractivity contribution in [3.05, 3.63) is 79.1 Å².